The summed E-state index contributed by atoms with van der Waals surface area (Å²) in [5.74, 6) is -0.787. The van der Waals surface area contributed by atoms with Crippen LogP contribution in [0.4, 0.5) is 5.00 Å². The third-order valence-electron chi connectivity index (χ3n) is 2.18. The van der Waals surface area contributed by atoms with E-state index >= 15 is 0 Å². The standard InChI is InChI=1S/C10H15NO2S/c1-10(2,9(12)13)7-5-6-8(14-7)11(3)4/h5-6H,1-4H3,(H,12,13). The number of carbonyl (C=O) groups is 1. The van der Waals surface area contributed by atoms with E-state index in [1.54, 1.807) is 13.8 Å². The van der Waals surface area contributed by atoms with E-state index in [4.69, 9.17) is 5.11 Å². The van der Waals surface area contributed by atoms with Crippen molar-refractivity contribution in [1.29, 1.82) is 0 Å². The Morgan fingerprint density at radius 3 is 2.36 bits per heavy atom. The Morgan fingerprint density at radius 2 is 2.00 bits per heavy atom. The van der Waals surface area contributed by atoms with Crippen molar-refractivity contribution in [2.75, 3.05) is 19.0 Å². The number of aliphatic carboxylic acids is 1. The zero-order chi connectivity index (χ0) is 10.9. The van der Waals surface area contributed by atoms with Crippen LogP contribution in [0.5, 0.6) is 0 Å². The molecule has 1 N–H and O–H groups in total. The molecule has 1 aromatic rings. The second-order valence-corrected chi connectivity index (χ2v) is 5.02. The number of carboxylic acids is 1. The molecule has 0 saturated carbocycles. The molecule has 4 heteroatoms. The van der Waals surface area contributed by atoms with Crippen molar-refractivity contribution >= 4 is 22.3 Å². The molecule has 0 saturated heterocycles. The van der Waals surface area contributed by atoms with E-state index in [1.165, 1.54) is 11.3 Å². The fourth-order valence-electron chi connectivity index (χ4n) is 1.01. The van der Waals surface area contributed by atoms with Gasteiger partial charge in [0.15, 0.2) is 0 Å². The van der Waals surface area contributed by atoms with Crippen LogP contribution in [0.2, 0.25) is 0 Å². The molecule has 0 aromatic carbocycles. The number of carboxylic acid groups (broad SMARTS) is 1. The zero-order valence-electron chi connectivity index (χ0n) is 8.87. The van der Waals surface area contributed by atoms with Crippen LogP contribution in [0.1, 0.15) is 18.7 Å². The van der Waals surface area contributed by atoms with Crippen LogP contribution >= 0.6 is 11.3 Å². The first-order valence-electron chi connectivity index (χ1n) is 4.36. The fourth-order valence-corrected chi connectivity index (χ4v) is 2.03. The number of thiophene rings is 1. The maximum Gasteiger partial charge on any atom is 0.314 e. The van der Waals surface area contributed by atoms with Gasteiger partial charge in [0.2, 0.25) is 0 Å². The Bertz CT molecular complexity index is 342. The van der Waals surface area contributed by atoms with Crippen molar-refractivity contribution in [2.45, 2.75) is 19.3 Å². The highest BCUT2D eigenvalue weighted by molar-refractivity contribution is 7.16. The SMILES string of the molecule is CN(C)c1ccc(C(C)(C)C(=O)O)s1. The molecular weight excluding hydrogens is 198 g/mol. The molecular formula is C10H15NO2S. The Morgan fingerprint density at radius 1 is 1.43 bits per heavy atom. The van der Waals surface area contributed by atoms with E-state index < -0.39 is 11.4 Å². The van der Waals surface area contributed by atoms with Crippen LogP contribution in [0.15, 0.2) is 12.1 Å². The highest BCUT2D eigenvalue weighted by Crippen LogP contribution is 2.33. The molecule has 0 aliphatic carbocycles. The molecule has 14 heavy (non-hydrogen) atoms. The predicted octanol–water partition coefficient (Wildman–Crippen LogP) is 2.18. The Hall–Kier alpha value is -1.03. The highest BCUT2D eigenvalue weighted by Gasteiger charge is 2.31. The summed E-state index contributed by atoms with van der Waals surface area (Å²) in [4.78, 5) is 13.9. The van der Waals surface area contributed by atoms with Gasteiger partial charge in [-0.2, -0.15) is 0 Å². The number of anilines is 1. The van der Waals surface area contributed by atoms with Crippen LogP contribution in [-0.2, 0) is 10.2 Å². The summed E-state index contributed by atoms with van der Waals surface area (Å²) in [6, 6.07) is 3.83. The summed E-state index contributed by atoms with van der Waals surface area (Å²) in [5.41, 5.74) is -0.793. The van der Waals surface area contributed by atoms with Crippen molar-refractivity contribution in [3.8, 4) is 0 Å². The van der Waals surface area contributed by atoms with Gasteiger partial charge in [-0.25, -0.2) is 0 Å². The maximum absolute atomic E-state index is 11.0. The van der Waals surface area contributed by atoms with Gasteiger partial charge in [0.05, 0.1) is 10.4 Å². The first-order valence-corrected chi connectivity index (χ1v) is 5.18. The van der Waals surface area contributed by atoms with Gasteiger partial charge in [0.1, 0.15) is 0 Å². The van der Waals surface area contributed by atoms with Crippen molar-refractivity contribution in [2.24, 2.45) is 0 Å². The normalized spacial score (nSPS) is 11.4. The first kappa shape index (κ1) is 11.0. The topological polar surface area (TPSA) is 40.5 Å². The molecule has 0 spiro atoms. The Labute approximate surface area is 88.0 Å². The summed E-state index contributed by atoms with van der Waals surface area (Å²) >= 11 is 1.52. The fraction of sp³-hybridized carbons (Fsp3) is 0.500. The third kappa shape index (κ3) is 1.90. The van der Waals surface area contributed by atoms with Gasteiger partial charge in [0.25, 0.3) is 0 Å². The summed E-state index contributed by atoms with van der Waals surface area (Å²) in [5, 5.41) is 10.1. The maximum atomic E-state index is 11.0. The number of hydrogen-bond donors (Lipinski definition) is 1. The molecule has 0 aliphatic rings. The lowest BCUT2D eigenvalue weighted by Crippen LogP contribution is -2.27. The van der Waals surface area contributed by atoms with Gasteiger partial charge in [-0.15, -0.1) is 11.3 Å². The molecule has 0 unspecified atom stereocenters. The predicted molar refractivity (Wildman–Crippen MR) is 59.3 cm³/mol. The monoisotopic (exact) mass is 213 g/mol. The molecule has 0 bridgehead atoms. The van der Waals surface area contributed by atoms with Gasteiger partial charge < -0.3 is 10.0 Å². The largest absolute Gasteiger partial charge is 0.481 e. The van der Waals surface area contributed by atoms with E-state index in [-0.39, 0.29) is 0 Å². The molecule has 0 amide bonds. The van der Waals surface area contributed by atoms with Gasteiger partial charge >= 0.3 is 5.97 Å². The van der Waals surface area contributed by atoms with E-state index in [1.807, 2.05) is 31.1 Å². The van der Waals surface area contributed by atoms with Gasteiger partial charge in [-0.05, 0) is 26.0 Å². The first-order chi connectivity index (χ1) is 6.35. The average Bonchev–Trinajstić information content (AvgIpc) is 2.51. The highest BCUT2D eigenvalue weighted by atomic mass is 32.1. The molecule has 1 heterocycles. The lowest BCUT2D eigenvalue weighted by atomic mass is 9.92. The minimum atomic E-state index is -0.793. The molecule has 1 aromatic heterocycles. The quantitative estimate of drug-likeness (QED) is 0.836. The smallest absolute Gasteiger partial charge is 0.314 e. The van der Waals surface area contributed by atoms with Crippen molar-refractivity contribution in [3.05, 3.63) is 17.0 Å². The van der Waals surface area contributed by atoms with Crippen LogP contribution in [-0.4, -0.2) is 25.2 Å². The molecule has 78 valence electrons. The van der Waals surface area contributed by atoms with Crippen molar-refractivity contribution < 1.29 is 9.90 Å². The molecule has 0 atom stereocenters. The number of hydrogen-bond acceptors (Lipinski definition) is 3. The second-order valence-electron chi connectivity index (χ2n) is 3.96. The van der Waals surface area contributed by atoms with Gasteiger partial charge in [-0.1, -0.05) is 0 Å². The molecule has 0 fully saturated rings. The Balaban J connectivity index is 3.03. The van der Waals surface area contributed by atoms with E-state index in [2.05, 4.69) is 0 Å². The second kappa shape index (κ2) is 3.61. The molecule has 0 aliphatic heterocycles. The zero-order valence-corrected chi connectivity index (χ0v) is 9.68. The number of rotatable bonds is 3. The molecule has 0 radical (unpaired) electrons. The summed E-state index contributed by atoms with van der Waals surface area (Å²) in [6.07, 6.45) is 0. The van der Waals surface area contributed by atoms with Crippen LogP contribution in [0.25, 0.3) is 0 Å². The summed E-state index contributed by atoms with van der Waals surface area (Å²) < 4.78 is 0. The molecule has 3 nitrogen and oxygen atoms in total. The lowest BCUT2D eigenvalue weighted by Gasteiger charge is -2.17. The van der Waals surface area contributed by atoms with Gasteiger partial charge in [-0.3, -0.25) is 4.79 Å². The van der Waals surface area contributed by atoms with Crippen molar-refractivity contribution in [3.63, 3.8) is 0 Å². The van der Waals surface area contributed by atoms with Gasteiger partial charge in [0, 0.05) is 19.0 Å². The van der Waals surface area contributed by atoms with Crippen LogP contribution in [0.3, 0.4) is 0 Å². The average molecular weight is 213 g/mol. The van der Waals surface area contributed by atoms with Crippen LogP contribution in [0, 0.1) is 0 Å². The minimum absolute atomic E-state index is 0.787. The Kier molecular flexibility index (Phi) is 2.85. The van der Waals surface area contributed by atoms with E-state index in [0.717, 1.165) is 9.88 Å². The van der Waals surface area contributed by atoms with Crippen molar-refractivity contribution in [1.82, 2.24) is 0 Å². The summed E-state index contributed by atoms with van der Waals surface area (Å²) in [7, 11) is 3.90. The van der Waals surface area contributed by atoms with E-state index in [9.17, 15) is 4.79 Å². The third-order valence-corrected chi connectivity index (χ3v) is 3.76. The minimum Gasteiger partial charge on any atom is -0.481 e. The van der Waals surface area contributed by atoms with E-state index in [0.29, 0.717) is 0 Å². The number of nitrogens with zero attached hydrogens (tertiary/aromatic N) is 1. The van der Waals surface area contributed by atoms with Crippen LogP contribution < -0.4 is 4.90 Å². The molecule has 1 rings (SSSR count). The lowest BCUT2D eigenvalue weighted by molar-refractivity contribution is -0.142. The summed E-state index contributed by atoms with van der Waals surface area (Å²) in [6.45, 7) is 3.45.